The number of hydrogen-bond donors (Lipinski definition) is 0. The summed E-state index contributed by atoms with van der Waals surface area (Å²) in [5.74, 6) is -0.164. The summed E-state index contributed by atoms with van der Waals surface area (Å²) in [5, 5.41) is -0.0712. The van der Waals surface area contributed by atoms with Gasteiger partial charge in [0, 0.05) is 5.38 Å². The molecule has 0 aromatic heterocycles. The van der Waals surface area contributed by atoms with Crippen molar-refractivity contribution >= 4 is 17.6 Å². The van der Waals surface area contributed by atoms with Crippen molar-refractivity contribution in [2.75, 3.05) is 6.61 Å². The van der Waals surface area contributed by atoms with E-state index in [4.69, 9.17) is 16.3 Å². The van der Waals surface area contributed by atoms with Gasteiger partial charge in [-0.15, -0.1) is 11.6 Å². The van der Waals surface area contributed by atoms with Crippen molar-refractivity contribution in [3.8, 4) is 0 Å². The number of carbonyl (C=O) groups is 1. The summed E-state index contributed by atoms with van der Waals surface area (Å²) in [7, 11) is 0. The number of rotatable bonds is 8. The first-order chi connectivity index (χ1) is 6.70. The molecule has 14 heavy (non-hydrogen) atoms. The van der Waals surface area contributed by atoms with Gasteiger partial charge in [0.1, 0.15) is 0 Å². The highest BCUT2D eigenvalue weighted by molar-refractivity contribution is 6.21. The van der Waals surface area contributed by atoms with Crippen molar-refractivity contribution < 1.29 is 9.53 Å². The van der Waals surface area contributed by atoms with E-state index in [1.807, 2.05) is 6.92 Å². The summed E-state index contributed by atoms with van der Waals surface area (Å²) in [6.07, 6.45) is 5.68. The highest BCUT2D eigenvalue weighted by atomic mass is 35.5. The van der Waals surface area contributed by atoms with Crippen LogP contribution in [0.25, 0.3) is 0 Å². The number of alkyl halides is 1. The van der Waals surface area contributed by atoms with E-state index in [2.05, 4.69) is 6.92 Å². The second kappa shape index (κ2) is 9.32. The molecule has 0 aromatic rings. The van der Waals surface area contributed by atoms with Gasteiger partial charge < -0.3 is 4.74 Å². The van der Waals surface area contributed by atoms with Gasteiger partial charge in [-0.25, -0.2) is 0 Å². The average Bonchev–Trinajstić information content (AvgIpc) is 2.17. The molecule has 1 atom stereocenters. The SMILES string of the molecule is CCCCCCOC(=O)CC(Cl)CC. The molecule has 0 amide bonds. The van der Waals surface area contributed by atoms with E-state index in [-0.39, 0.29) is 11.3 Å². The summed E-state index contributed by atoms with van der Waals surface area (Å²) in [4.78, 5) is 11.1. The van der Waals surface area contributed by atoms with Crippen LogP contribution in [0.5, 0.6) is 0 Å². The normalized spacial score (nSPS) is 12.5. The lowest BCUT2D eigenvalue weighted by Gasteiger charge is -2.06. The number of hydrogen-bond acceptors (Lipinski definition) is 2. The molecule has 0 saturated carbocycles. The summed E-state index contributed by atoms with van der Waals surface area (Å²) in [5.41, 5.74) is 0. The fourth-order valence-corrected chi connectivity index (χ4v) is 1.22. The number of carbonyl (C=O) groups excluding carboxylic acids is 1. The molecule has 0 aromatic carbocycles. The molecule has 0 spiro atoms. The molecular formula is C11H21ClO2. The highest BCUT2D eigenvalue weighted by Crippen LogP contribution is 2.07. The fraction of sp³-hybridized carbons (Fsp3) is 0.909. The zero-order valence-corrected chi connectivity index (χ0v) is 9.98. The largest absolute Gasteiger partial charge is 0.466 e. The lowest BCUT2D eigenvalue weighted by molar-refractivity contribution is -0.143. The maximum absolute atomic E-state index is 11.1. The smallest absolute Gasteiger partial charge is 0.307 e. The molecule has 0 aliphatic carbocycles. The zero-order valence-electron chi connectivity index (χ0n) is 9.22. The van der Waals surface area contributed by atoms with Gasteiger partial charge in [-0.1, -0.05) is 33.1 Å². The van der Waals surface area contributed by atoms with E-state index in [0.29, 0.717) is 13.0 Å². The Labute approximate surface area is 92.0 Å². The molecule has 0 N–H and O–H groups in total. The minimum atomic E-state index is -0.164. The Kier molecular flexibility index (Phi) is 9.16. The average molecular weight is 221 g/mol. The molecule has 0 aliphatic heterocycles. The van der Waals surface area contributed by atoms with Crippen LogP contribution in [0.15, 0.2) is 0 Å². The maximum Gasteiger partial charge on any atom is 0.307 e. The van der Waals surface area contributed by atoms with Crippen LogP contribution in [0.2, 0.25) is 0 Å². The standard InChI is InChI=1S/C11H21ClO2/c1-3-5-6-7-8-14-11(13)9-10(12)4-2/h10H,3-9H2,1-2H3. The molecule has 0 bridgehead atoms. The molecule has 0 rings (SSSR count). The molecule has 3 heteroatoms. The van der Waals surface area contributed by atoms with Crippen molar-refractivity contribution in [3.63, 3.8) is 0 Å². The summed E-state index contributed by atoms with van der Waals surface area (Å²) < 4.78 is 5.04. The van der Waals surface area contributed by atoms with Crippen LogP contribution in [-0.4, -0.2) is 18.0 Å². The molecule has 0 radical (unpaired) electrons. The zero-order chi connectivity index (χ0) is 10.8. The monoisotopic (exact) mass is 220 g/mol. The second-order valence-corrected chi connectivity index (χ2v) is 4.11. The third kappa shape index (κ3) is 8.36. The van der Waals surface area contributed by atoms with E-state index in [9.17, 15) is 4.79 Å². The molecular weight excluding hydrogens is 200 g/mol. The van der Waals surface area contributed by atoms with Gasteiger partial charge >= 0.3 is 5.97 Å². The van der Waals surface area contributed by atoms with Crippen LogP contribution in [0, 0.1) is 0 Å². The predicted molar refractivity (Wildman–Crippen MR) is 59.7 cm³/mol. The Hall–Kier alpha value is -0.240. The fourth-order valence-electron chi connectivity index (χ4n) is 1.10. The van der Waals surface area contributed by atoms with E-state index >= 15 is 0 Å². The van der Waals surface area contributed by atoms with E-state index in [0.717, 1.165) is 19.3 Å². The lowest BCUT2D eigenvalue weighted by atomic mass is 10.2. The number of unbranched alkanes of at least 4 members (excludes halogenated alkanes) is 3. The maximum atomic E-state index is 11.1. The minimum Gasteiger partial charge on any atom is -0.466 e. The Balaban J connectivity index is 3.27. The number of esters is 1. The molecule has 0 fully saturated rings. The molecule has 0 aliphatic rings. The van der Waals surface area contributed by atoms with Crippen molar-refractivity contribution in [3.05, 3.63) is 0 Å². The van der Waals surface area contributed by atoms with Gasteiger partial charge in [0.05, 0.1) is 13.0 Å². The van der Waals surface area contributed by atoms with E-state index in [1.165, 1.54) is 12.8 Å². The van der Waals surface area contributed by atoms with Gasteiger partial charge in [-0.05, 0) is 12.8 Å². The Morgan fingerprint density at radius 2 is 2.00 bits per heavy atom. The second-order valence-electron chi connectivity index (χ2n) is 3.49. The number of ether oxygens (including phenoxy) is 1. The van der Waals surface area contributed by atoms with Crippen molar-refractivity contribution in [2.24, 2.45) is 0 Å². The van der Waals surface area contributed by atoms with Crippen LogP contribution >= 0.6 is 11.6 Å². The summed E-state index contributed by atoms with van der Waals surface area (Å²) in [6, 6.07) is 0. The van der Waals surface area contributed by atoms with Crippen LogP contribution in [0.3, 0.4) is 0 Å². The topological polar surface area (TPSA) is 26.3 Å². The minimum absolute atomic E-state index is 0.0712. The highest BCUT2D eigenvalue weighted by Gasteiger charge is 2.09. The van der Waals surface area contributed by atoms with Crippen LogP contribution < -0.4 is 0 Å². The third-order valence-electron chi connectivity index (χ3n) is 2.09. The lowest BCUT2D eigenvalue weighted by Crippen LogP contribution is -2.11. The molecule has 1 unspecified atom stereocenters. The van der Waals surface area contributed by atoms with E-state index < -0.39 is 0 Å². The van der Waals surface area contributed by atoms with Crippen LogP contribution in [-0.2, 0) is 9.53 Å². The van der Waals surface area contributed by atoms with Gasteiger partial charge in [0.2, 0.25) is 0 Å². The van der Waals surface area contributed by atoms with Crippen LogP contribution in [0.4, 0.5) is 0 Å². The van der Waals surface area contributed by atoms with E-state index in [1.54, 1.807) is 0 Å². The van der Waals surface area contributed by atoms with Crippen molar-refractivity contribution in [1.82, 2.24) is 0 Å². The summed E-state index contributed by atoms with van der Waals surface area (Å²) >= 11 is 5.82. The first kappa shape index (κ1) is 13.8. The van der Waals surface area contributed by atoms with Gasteiger partial charge in [0.15, 0.2) is 0 Å². The Morgan fingerprint density at radius 3 is 2.57 bits per heavy atom. The Morgan fingerprint density at radius 1 is 1.29 bits per heavy atom. The van der Waals surface area contributed by atoms with Gasteiger partial charge in [-0.2, -0.15) is 0 Å². The van der Waals surface area contributed by atoms with Crippen LogP contribution in [0.1, 0.15) is 52.4 Å². The molecule has 2 nitrogen and oxygen atoms in total. The first-order valence-electron chi connectivity index (χ1n) is 5.50. The van der Waals surface area contributed by atoms with Crippen molar-refractivity contribution in [1.29, 1.82) is 0 Å². The quantitative estimate of drug-likeness (QED) is 0.356. The first-order valence-corrected chi connectivity index (χ1v) is 5.94. The molecule has 0 heterocycles. The third-order valence-corrected chi connectivity index (χ3v) is 2.55. The van der Waals surface area contributed by atoms with Crippen molar-refractivity contribution in [2.45, 2.75) is 57.7 Å². The number of halogens is 1. The summed E-state index contributed by atoms with van der Waals surface area (Å²) in [6.45, 7) is 4.67. The Bertz CT molecular complexity index is 148. The molecule has 84 valence electrons. The van der Waals surface area contributed by atoms with Gasteiger partial charge in [0.25, 0.3) is 0 Å². The molecule has 0 saturated heterocycles. The van der Waals surface area contributed by atoms with Gasteiger partial charge in [-0.3, -0.25) is 4.79 Å². The predicted octanol–water partition coefficient (Wildman–Crippen LogP) is 3.52.